The number of hydrogen-bond donors (Lipinski definition) is 2. The summed E-state index contributed by atoms with van der Waals surface area (Å²) in [6, 6.07) is 9.15. The summed E-state index contributed by atoms with van der Waals surface area (Å²) in [7, 11) is 1.77. The number of nitrogens with zero attached hydrogens (tertiary/aromatic N) is 1. The predicted molar refractivity (Wildman–Crippen MR) is 85.4 cm³/mol. The zero-order valence-electron chi connectivity index (χ0n) is 11.6. The molecule has 20 heavy (non-hydrogen) atoms. The van der Waals surface area contributed by atoms with Crippen molar-refractivity contribution in [3.63, 3.8) is 0 Å². The largest absolute Gasteiger partial charge is 0.373 e. The highest BCUT2D eigenvalue weighted by Crippen LogP contribution is 2.25. The summed E-state index contributed by atoms with van der Waals surface area (Å²) in [5, 5.41) is 5.78. The highest BCUT2D eigenvalue weighted by atomic mass is 79.9. The Kier molecular flexibility index (Phi) is 4.39. The van der Waals surface area contributed by atoms with E-state index in [0.717, 1.165) is 21.3 Å². The van der Waals surface area contributed by atoms with E-state index in [2.05, 4.69) is 31.5 Å². The Bertz CT molecular complexity index is 632. The minimum Gasteiger partial charge on any atom is -0.373 e. The van der Waals surface area contributed by atoms with Crippen LogP contribution in [0.5, 0.6) is 0 Å². The summed E-state index contributed by atoms with van der Waals surface area (Å²) >= 11 is 3.51. The van der Waals surface area contributed by atoms with Gasteiger partial charge in [0, 0.05) is 17.2 Å². The lowest BCUT2D eigenvalue weighted by molar-refractivity contribution is 0.102. The molecule has 0 aliphatic heterocycles. The molecule has 4 nitrogen and oxygen atoms in total. The molecular weight excluding hydrogens is 318 g/mol. The van der Waals surface area contributed by atoms with Gasteiger partial charge in [-0.1, -0.05) is 22.0 Å². The number of aromatic nitrogens is 1. The fourth-order valence-electron chi connectivity index (χ4n) is 1.91. The molecule has 1 heterocycles. The minimum absolute atomic E-state index is 0.219. The van der Waals surface area contributed by atoms with Crippen LogP contribution in [0.25, 0.3) is 0 Å². The summed E-state index contributed by atoms with van der Waals surface area (Å²) in [6.45, 7) is 3.99. The third kappa shape index (κ3) is 3.17. The minimum atomic E-state index is -0.219. The molecule has 2 rings (SSSR count). The molecule has 1 amide bonds. The van der Waals surface area contributed by atoms with E-state index in [4.69, 9.17) is 0 Å². The molecule has 2 aromatic rings. The molecule has 5 heteroatoms. The first kappa shape index (κ1) is 14.5. The molecule has 1 aromatic heterocycles. The Morgan fingerprint density at radius 3 is 2.45 bits per heavy atom. The van der Waals surface area contributed by atoms with Crippen molar-refractivity contribution >= 4 is 33.3 Å². The lowest BCUT2D eigenvalue weighted by Crippen LogP contribution is -2.14. The highest BCUT2D eigenvalue weighted by molar-refractivity contribution is 9.10. The van der Waals surface area contributed by atoms with Crippen molar-refractivity contribution < 1.29 is 4.79 Å². The summed E-state index contributed by atoms with van der Waals surface area (Å²) in [6.07, 6.45) is 0. The second kappa shape index (κ2) is 6.05. The molecule has 2 N–H and O–H groups in total. The van der Waals surface area contributed by atoms with Gasteiger partial charge < -0.3 is 10.6 Å². The topological polar surface area (TPSA) is 54.0 Å². The average molecular weight is 334 g/mol. The van der Waals surface area contributed by atoms with Crippen molar-refractivity contribution in [2.75, 3.05) is 17.7 Å². The van der Waals surface area contributed by atoms with Crippen molar-refractivity contribution in [3.8, 4) is 0 Å². The summed E-state index contributed by atoms with van der Waals surface area (Å²) in [4.78, 5) is 16.4. The fraction of sp³-hybridized carbons (Fsp3) is 0.200. The van der Waals surface area contributed by atoms with Crippen molar-refractivity contribution in [2.24, 2.45) is 0 Å². The number of rotatable bonds is 3. The Labute approximate surface area is 126 Å². The predicted octanol–water partition coefficient (Wildman–Crippen LogP) is 3.75. The number of hydrogen-bond acceptors (Lipinski definition) is 3. The maximum Gasteiger partial charge on any atom is 0.274 e. The Balaban J connectivity index is 2.23. The molecule has 0 radical (unpaired) electrons. The molecule has 0 spiro atoms. The van der Waals surface area contributed by atoms with E-state index < -0.39 is 0 Å². The number of benzene rings is 1. The SMILES string of the molecule is CNc1cccc(C(=O)Nc2cc(C)c(Br)c(C)c2)n1. The molecule has 0 atom stereocenters. The maximum atomic E-state index is 12.2. The second-order valence-electron chi connectivity index (χ2n) is 4.54. The van der Waals surface area contributed by atoms with Crippen LogP contribution in [0.4, 0.5) is 11.5 Å². The summed E-state index contributed by atoms with van der Waals surface area (Å²) < 4.78 is 1.06. The Hall–Kier alpha value is -1.88. The first-order valence-electron chi connectivity index (χ1n) is 6.24. The fourth-order valence-corrected chi connectivity index (χ4v) is 2.14. The van der Waals surface area contributed by atoms with Gasteiger partial charge in [-0.25, -0.2) is 4.98 Å². The summed E-state index contributed by atoms with van der Waals surface area (Å²) in [5.41, 5.74) is 3.31. The van der Waals surface area contributed by atoms with E-state index in [0.29, 0.717) is 11.5 Å². The van der Waals surface area contributed by atoms with Crippen LogP contribution < -0.4 is 10.6 Å². The first-order valence-corrected chi connectivity index (χ1v) is 7.03. The van der Waals surface area contributed by atoms with Gasteiger partial charge in [0.25, 0.3) is 5.91 Å². The number of nitrogens with one attached hydrogen (secondary N) is 2. The van der Waals surface area contributed by atoms with Gasteiger partial charge in [-0.2, -0.15) is 0 Å². The van der Waals surface area contributed by atoms with Crippen LogP contribution in [0, 0.1) is 13.8 Å². The number of halogens is 1. The van der Waals surface area contributed by atoms with Crippen LogP contribution in [0.15, 0.2) is 34.8 Å². The van der Waals surface area contributed by atoms with E-state index in [-0.39, 0.29) is 5.91 Å². The molecule has 0 saturated heterocycles. The van der Waals surface area contributed by atoms with E-state index in [1.54, 1.807) is 19.2 Å². The van der Waals surface area contributed by atoms with Crippen molar-refractivity contribution in [1.82, 2.24) is 4.98 Å². The highest BCUT2D eigenvalue weighted by Gasteiger charge is 2.10. The van der Waals surface area contributed by atoms with Crippen LogP contribution >= 0.6 is 15.9 Å². The van der Waals surface area contributed by atoms with Gasteiger partial charge in [0.15, 0.2) is 0 Å². The number of carbonyl (C=O) groups is 1. The Morgan fingerprint density at radius 2 is 1.85 bits per heavy atom. The molecule has 0 bridgehead atoms. The number of aryl methyl sites for hydroxylation is 2. The van der Waals surface area contributed by atoms with Gasteiger partial charge in [0.2, 0.25) is 0 Å². The van der Waals surface area contributed by atoms with Gasteiger partial charge in [-0.05, 0) is 49.2 Å². The van der Waals surface area contributed by atoms with Crippen LogP contribution in [-0.2, 0) is 0 Å². The van der Waals surface area contributed by atoms with Crippen LogP contribution in [0.1, 0.15) is 21.6 Å². The second-order valence-corrected chi connectivity index (χ2v) is 5.33. The molecule has 0 fully saturated rings. The quantitative estimate of drug-likeness (QED) is 0.899. The molecule has 0 aliphatic rings. The lowest BCUT2D eigenvalue weighted by Gasteiger charge is -2.10. The molecule has 0 unspecified atom stereocenters. The van der Waals surface area contributed by atoms with E-state index in [1.165, 1.54) is 0 Å². The monoisotopic (exact) mass is 333 g/mol. The van der Waals surface area contributed by atoms with Gasteiger partial charge in [-0.15, -0.1) is 0 Å². The van der Waals surface area contributed by atoms with Crippen molar-refractivity contribution in [1.29, 1.82) is 0 Å². The lowest BCUT2D eigenvalue weighted by atomic mass is 10.1. The van der Waals surface area contributed by atoms with Gasteiger partial charge >= 0.3 is 0 Å². The summed E-state index contributed by atoms with van der Waals surface area (Å²) in [5.74, 6) is 0.448. The van der Waals surface area contributed by atoms with Gasteiger partial charge in [0.05, 0.1) is 0 Å². The Morgan fingerprint density at radius 1 is 1.20 bits per heavy atom. The van der Waals surface area contributed by atoms with Crippen LogP contribution in [-0.4, -0.2) is 17.9 Å². The van der Waals surface area contributed by atoms with Crippen LogP contribution in [0.3, 0.4) is 0 Å². The van der Waals surface area contributed by atoms with Crippen molar-refractivity contribution in [3.05, 3.63) is 51.6 Å². The third-order valence-corrected chi connectivity index (χ3v) is 4.18. The van der Waals surface area contributed by atoms with E-state index in [9.17, 15) is 4.79 Å². The van der Waals surface area contributed by atoms with Crippen LogP contribution in [0.2, 0.25) is 0 Å². The first-order chi connectivity index (χ1) is 9.51. The zero-order chi connectivity index (χ0) is 14.7. The van der Waals surface area contributed by atoms with E-state index >= 15 is 0 Å². The number of amides is 1. The molecule has 1 aromatic carbocycles. The average Bonchev–Trinajstić information content (AvgIpc) is 2.44. The third-order valence-electron chi connectivity index (χ3n) is 2.93. The molecule has 104 valence electrons. The molecule has 0 saturated carbocycles. The maximum absolute atomic E-state index is 12.2. The standard InChI is InChI=1S/C15H16BrN3O/c1-9-7-11(8-10(2)14(9)16)18-15(20)12-5-4-6-13(17-3)19-12/h4-8H,1-3H3,(H,17,19)(H,18,20). The number of anilines is 2. The molecule has 0 aliphatic carbocycles. The number of carbonyl (C=O) groups excluding carboxylic acids is 1. The van der Waals surface area contributed by atoms with E-state index in [1.807, 2.05) is 32.0 Å². The smallest absolute Gasteiger partial charge is 0.274 e. The number of pyridine rings is 1. The molecular formula is C15H16BrN3O. The van der Waals surface area contributed by atoms with Crippen molar-refractivity contribution in [2.45, 2.75) is 13.8 Å². The zero-order valence-corrected chi connectivity index (χ0v) is 13.2. The van der Waals surface area contributed by atoms with Gasteiger partial charge in [-0.3, -0.25) is 4.79 Å². The normalized spacial score (nSPS) is 10.2. The van der Waals surface area contributed by atoms with Gasteiger partial charge in [0.1, 0.15) is 11.5 Å².